The SMILES string of the molecule is CCOC(=O)CCc1cc(OCCCCNC(=O)OC(C)(C)C)ccc1-c1ccc(-c2cccc(C)c2)c(C)c1. The summed E-state index contributed by atoms with van der Waals surface area (Å²) in [5.41, 5.74) is 7.56. The molecule has 3 aromatic carbocycles. The third kappa shape index (κ3) is 9.74. The molecule has 6 heteroatoms. The summed E-state index contributed by atoms with van der Waals surface area (Å²) in [6, 6.07) is 21.1. The van der Waals surface area contributed by atoms with Gasteiger partial charge in [-0.1, -0.05) is 54.1 Å². The number of carbonyl (C=O) groups is 2. The fraction of sp³-hybridized carbons (Fsp3) is 0.412. The molecule has 214 valence electrons. The van der Waals surface area contributed by atoms with Crippen LogP contribution in [0.15, 0.2) is 60.7 Å². The van der Waals surface area contributed by atoms with Crippen LogP contribution in [0.2, 0.25) is 0 Å². The highest BCUT2D eigenvalue weighted by molar-refractivity contribution is 5.76. The van der Waals surface area contributed by atoms with Gasteiger partial charge in [0, 0.05) is 13.0 Å². The molecule has 0 saturated carbocycles. The van der Waals surface area contributed by atoms with Crippen molar-refractivity contribution in [1.29, 1.82) is 0 Å². The highest BCUT2D eigenvalue weighted by Gasteiger charge is 2.15. The fourth-order valence-corrected chi connectivity index (χ4v) is 4.51. The van der Waals surface area contributed by atoms with Crippen molar-refractivity contribution in [2.45, 2.75) is 72.8 Å². The lowest BCUT2D eigenvalue weighted by Crippen LogP contribution is -2.33. The molecule has 0 unspecified atom stereocenters. The monoisotopic (exact) mass is 545 g/mol. The molecule has 0 fully saturated rings. The Kier molecular flexibility index (Phi) is 11.2. The Bertz CT molecular complexity index is 1290. The van der Waals surface area contributed by atoms with Gasteiger partial charge < -0.3 is 19.5 Å². The molecule has 0 aliphatic heterocycles. The van der Waals surface area contributed by atoms with E-state index in [0.29, 0.717) is 32.6 Å². The summed E-state index contributed by atoms with van der Waals surface area (Å²) in [6.45, 7) is 13.0. The number of amides is 1. The van der Waals surface area contributed by atoms with E-state index in [-0.39, 0.29) is 5.97 Å². The number of hydrogen-bond donors (Lipinski definition) is 1. The third-order valence-corrected chi connectivity index (χ3v) is 6.36. The minimum absolute atomic E-state index is 0.205. The summed E-state index contributed by atoms with van der Waals surface area (Å²) in [5, 5.41) is 2.77. The number of esters is 1. The second kappa shape index (κ2) is 14.5. The summed E-state index contributed by atoms with van der Waals surface area (Å²) in [7, 11) is 0. The van der Waals surface area contributed by atoms with Crippen LogP contribution in [0.4, 0.5) is 4.79 Å². The predicted molar refractivity (Wildman–Crippen MR) is 161 cm³/mol. The van der Waals surface area contributed by atoms with Crippen molar-refractivity contribution in [2.24, 2.45) is 0 Å². The van der Waals surface area contributed by atoms with Crippen LogP contribution >= 0.6 is 0 Å². The summed E-state index contributed by atoms with van der Waals surface area (Å²) < 4.78 is 16.5. The van der Waals surface area contributed by atoms with Gasteiger partial charge in [-0.05, 0) is 106 Å². The Morgan fingerprint density at radius 3 is 2.33 bits per heavy atom. The van der Waals surface area contributed by atoms with Gasteiger partial charge in [0.1, 0.15) is 11.4 Å². The topological polar surface area (TPSA) is 73.9 Å². The molecule has 0 spiro atoms. The van der Waals surface area contributed by atoms with Crippen molar-refractivity contribution in [3.8, 4) is 28.0 Å². The molecule has 40 heavy (non-hydrogen) atoms. The van der Waals surface area contributed by atoms with E-state index in [2.05, 4.69) is 67.7 Å². The number of benzene rings is 3. The van der Waals surface area contributed by atoms with E-state index in [1.54, 1.807) is 0 Å². The fourth-order valence-electron chi connectivity index (χ4n) is 4.51. The van der Waals surface area contributed by atoms with Crippen molar-refractivity contribution in [3.05, 3.63) is 77.4 Å². The lowest BCUT2D eigenvalue weighted by Gasteiger charge is -2.19. The number of unbranched alkanes of at least 4 members (excludes halogenated alkanes) is 1. The first-order chi connectivity index (χ1) is 19.1. The summed E-state index contributed by atoms with van der Waals surface area (Å²) >= 11 is 0. The summed E-state index contributed by atoms with van der Waals surface area (Å²) in [4.78, 5) is 23.9. The number of alkyl carbamates (subject to hydrolysis) is 1. The highest BCUT2D eigenvalue weighted by atomic mass is 16.6. The average molecular weight is 546 g/mol. The zero-order valence-corrected chi connectivity index (χ0v) is 24.8. The molecular formula is C34H43NO5. The van der Waals surface area contributed by atoms with Crippen LogP contribution < -0.4 is 10.1 Å². The van der Waals surface area contributed by atoms with E-state index in [4.69, 9.17) is 14.2 Å². The molecule has 0 aliphatic rings. The van der Waals surface area contributed by atoms with Crippen molar-refractivity contribution in [3.63, 3.8) is 0 Å². The van der Waals surface area contributed by atoms with Crippen LogP contribution in [-0.2, 0) is 20.7 Å². The number of rotatable bonds is 12. The van der Waals surface area contributed by atoms with Gasteiger partial charge in [-0.3, -0.25) is 4.79 Å². The van der Waals surface area contributed by atoms with E-state index in [0.717, 1.165) is 35.3 Å². The van der Waals surface area contributed by atoms with E-state index in [1.807, 2.05) is 39.8 Å². The molecule has 3 rings (SSSR count). The molecule has 1 N–H and O–H groups in total. The predicted octanol–water partition coefficient (Wildman–Crippen LogP) is 7.82. The Balaban J connectivity index is 1.69. The number of carbonyl (C=O) groups excluding carboxylic acids is 2. The Hall–Kier alpha value is -3.80. The number of hydrogen-bond acceptors (Lipinski definition) is 5. The minimum atomic E-state index is -0.508. The lowest BCUT2D eigenvalue weighted by molar-refractivity contribution is -0.143. The van der Waals surface area contributed by atoms with Crippen molar-refractivity contribution >= 4 is 12.1 Å². The second-order valence-electron chi connectivity index (χ2n) is 11.0. The van der Waals surface area contributed by atoms with E-state index in [9.17, 15) is 9.59 Å². The molecule has 3 aromatic rings. The highest BCUT2D eigenvalue weighted by Crippen LogP contribution is 2.33. The van der Waals surface area contributed by atoms with Gasteiger partial charge in [0.05, 0.1) is 13.2 Å². The van der Waals surface area contributed by atoms with Gasteiger partial charge in [-0.25, -0.2) is 4.79 Å². The van der Waals surface area contributed by atoms with Gasteiger partial charge in [0.25, 0.3) is 0 Å². The molecule has 0 aliphatic carbocycles. The van der Waals surface area contributed by atoms with Crippen molar-refractivity contribution in [1.82, 2.24) is 5.32 Å². The standard InChI is InChI=1S/C34H43NO5/c1-7-38-32(36)18-14-28-23-29(39-20-9-8-19-35-33(37)40-34(4,5)6)15-17-31(28)27-13-16-30(25(3)22-27)26-12-10-11-24(2)21-26/h10-13,15-17,21-23H,7-9,14,18-20H2,1-6H3,(H,35,37). The Morgan fingerprint density at radius 2 is 1.62 bits per heavy atom. The lowest BCUT2D eigenvalue weighted by atomic mass is 9.92. The van der Waals surface area contributed by atoms with Crippen molar-refractivity contribution < 1.29 is 23.8 Å². The van der Waals surface area contributed by atoms with Crippen LogP contribution in [-0.4, -0.2) is 37.4 Å². The van der Waals surface area contributed by atoms with Gasteiger partial charge >= 0.3 is 12.1 Å². The molecule has 1 amide bonds. The average Bonchev–Trinajstić information content (AvgIpc) is 2.88. The maximum Gasteiger partial charge on any atom is 0.407 e. The van der Waals surface area contributed by atoms with Crippen molar-refractivity contribution in [2.75, 3.05) is 19.8 Å². The first kappa shape index (κ1) is 30.7. The van der Waals surface area contributed by atoms with Gasteiger partial charge in [0.2, 0.25) is 0 Å². The van der Waals surface area contributed by atoms with Crippen LogP contribution in [0, 0.1) is 13.8 Å². The third-order valence-electron chi connectivity index (χ3n) is 6.36. The molecule has 6 nitrogen and oxygen atoms in total. The zero-order chi connectivity index (χ0) is 29.1. The first-order valence-electron chi connectivity index (χ1n) is 14.1. The number of aryl methyl sites for hydroxylation is 3. The smallest absolute Gasteiger partial charge is 0.407 e. The van der Waals surface area contributed by atoms with E-state index < -0.39 is 11.7 Å². The molecule has 0 saturated heterocycles. The maximum atomic E-state index is 12.1. The summed E-state index contributed by atoms with van der Waals surface area (Å²) in [5.74, 6) is 0.555. The maximum absolute atomic E-state index is 12.1. The second-order valence-corrected chi connectivity index (χ2v) is 11.0. The number of ether oxygens (including phenoxy) is 3. The van der Waals surface area contributed by atoms with Gasteiger partial charge in [-0.15, -0.1) is 0 Å². The van der Waals surface area contributed by atoms with E-state index in [1.165, 1.54) is 22.3 Å². The van der Waals surface area contributed by atoms with Crippen LogP contribution in [0.5, 0.6) is 5.75 Å². The van der Waals surface area contributed by atoms with Crippen LogP contribution in [0.3, 0.4) is 0 Å². The number of nitrogens with one attached hydrogen (secondary N) is 1. The molecule has 0 bridgehead atoms. The normalized spacial score (nSPS) is 11.2. The van der Waals surface area contributed by atoms with E-state index >= 15 is 0 Å². The summed E-state index contributed by atoms with van der Waals surface area (Å²) in [6.07, 6.45) is 2.03. The molecule has 0 radical (unpaired) electrons. The minimum Gasteiger partial charge on any atom is -0.494 e. The van der Waals surface area contributed by atoms with Gasteiger partial charge in [0.15, 0.2) is 0 Å². The Morgan fingerprint density at radius 1 is 0.875 bits per heavy atom. The first-order valence-corrected chi connectivity index (χ1v) is 14.1. The zero-order valence-electron chi connectivity index (χ0n) is 24.8. The molecule has 0 heterocycles. The quantitative estimate of drug-likeness (QED) is 0.186. The van der Waals surface area contributed by atoms with Crippen LogP contribution in [0.1, 0.15) is 63.6 Å². The molecule has 0 aromatic heterocycles. The van der Waals surface area contributed by atoms with Crippen LogP contribution in [0.25, 0.3) is 22.3 Å². The van der Waals surface area contributed by atoms with Gasteiger partial charge in [-0.2, -0.15) is 0 Å². The Labute approximate surface area is 239 Å². The largest absolute Gasteiger partial charge is 0.494 e. The molecular weight excluding hydrogens is 502 g/mol. The molecule has 0 atom stereocenters.